The van der Waals surface area contributed by atoms with Crippen LogP contribution in [0, 0.1) is 0 Å². The molecule has 0 spiro atoms. The quantitative estimate of drug-likeness (QED) is 0.445. The van der Waals surface area contributed by atoms with Crippen molar-refractivity contribution in [3.63, 3.8) is 0 Å². The Morgan fingerprint density at radius 2 is 1.50 bits per heavy atom. The zero-order valence-corrected chi connectivity index (χ0v) is 18.9. The highest BCUT2D eigenvalue weighted by atomic mass is 16.5. The van der Waals surface area contributed by atoms with Gasteiger partial charge in [-0.15, -0.1) is 0 Å². The van der Waals surface area contributed by atoms with Crippen molar-refractivity contribution >= 4 is 23.5 Å². The molecule has 8 nitrogen and oxygen atoms in total. The van der Waals surface area contributed by atoms with E-state index in [9.17, 15) is 14.4 Å². The minimum Gasteiger partial charge on any atom is -0.496 e. The monoisotopic (exact) mass is 462 g/mol. The van der Waals surface area contributed by atoms with Crippen LogP contribution in [0.25, 0.3) is 0 Å². The third-order valence-corrected chi connectivity index (χ3v) is 4.78. The van der Waals surface area contributed by atoms with Crippen molar-refractivity contribution < 1.29 is 28.6 Å². The number of nitrogens with one attached hydrogen (secondary N) is 2. The van der Waals surface area contributed by atoms with Gasteiger partial charge in [0.2, 0.25) is 6.10 Å². The van der Waals surface area contributed by atoms with Crippen molar-refractivity contribution in [2.24, 2.45) is 0 Å². The van der Waals surface area contributed by atoms with Crippen LogP contribution in [-0.2, 0) is 14.3 Å². The van der Waals surface area contributed by atoms with Crippen molar-refractivity contribution in [1.29, 1.82) is 0 Å². The van der Waals surface area contributed by atoms with Gasteiger partial charge in [-0.05, 0) is 31.2 Å². The van der Waals surface area contributed by atoms with Gasteiger partial charge < -0.3 is 24.8 Å². The molecule has 2 N–H and O–H groups in total. The van der Waals surface area contributed by atoms with Gasteiger partial charge >= 0.3 is 5.97 Å². The highest BCUT2D eigenvalue weighted by Crippen LogP contribution is 2.26. The molecule has 0 aliphatic carbocycles. The summed E-state index contributed by atoms with van der Waals surface area (Å²) in [5.41, 5.74) is 1.22. The van der Waals surface area contributed by atoms with Gasteiger partial charge in [0.05, 0.1) is 25.0 Å². The van der Waals surface area contributed by atoms with Crippen LogP contribution in [-0.4, -0.2) is 38.0 Å². The minimum absolute atomic E-state index is 0.280. The molecule has 1 atom stereocenters. The average Bonchev–Trinajstić information content (AvgIpc) is 2.87. The zero-order valence-electron chi connectivity index (χ0n) is 18.9. The zero-order chi connectivity index (χ0) is 24.3. The van der Waals surface area contributed by atoms with Crippen LogP contribution >= 0.6 is 0 Å². The Kier molecular flexibility index (Phi) is 8.62. The molecule has 8 heteroatoms. The number of amides is 2. The van der Waals surface area contributed by atoms with Crippen LogP contribution in [0.3, 0.4) is 0 Å². The summed E-state index contributed by atoms with van der Waals surface area (Å²) < 4.78 is 16.2. The van der Waals surface area contributed by atoms with E-state index in [2.05, 4.69) is 10.6 Å². The van der Waals surface area contributed by atoms with Crippen molar-refractivity contribution in [2.45, 2.75) is 13.0 Å². The third-order valence-electron chi connectivity index (χ3n) is 4.78. The number of benzene rings is 3. The Bertz CT molecular complexity index is 1130. The summed E-state index contributed by atoms with van der Waals surface area (Å²) >= 11 is 0. The molecule has 0 radical (unpaired) electrons. The highest BCUT2D eigenvalue weighted by Gasteiger charge is 2.26. The standard InChI is InChI=1S/C26H26N2O6/c1-3-33-22-16-10-8-14-20(22)28-26(31)24(18-11-5-4-6-12-18)34-23(29)17-27-25(30)19-13-7-9-15-21(19)32-2/h4-16,24H,3,17H2,1-2H3,(H,27,30)(H,28,31). The van der Waals surface area contributed by atoms with Crippen LogP contribution in [0.4, 0.5) is 5.69 Å². The number of methoxy groups -OCH3 is 1. The first-order chi connectivity index (χ1) is 16.5. The molecule has 0 bridgehead atoms. The topological polar surface area (TPSA) is 103 Å². The van der Waals surface area contributed by atoms with E-state index in [4.69, 9.17) is 14.2 Å². The van der Waals surface area contributed by atoms with Crippen LogP contribution in [0.1, 0.15) is 28.9 Å². The first kappa shape index (κ1) is 24.3. The van der Waals surface area contributed by atoms with Gasteiger partial charge in [-0.3, -0.25) is 14.4 Å². The van der Waals surface area contributed by atoms with E-state index in [1.165, 1.54) is 7.11 Å². The lowest BCUT2D eigenvalue weighted by atomic mass is 10.1. The van der Waals surface area contributed by atoms with Gasteiger partial charge in [0.15, 0.2) is 0 Å². The number of esters is 1. The van der Waals surface area contributed by atoms with Gasteiger partial charge in [-0.25, -0.2) is 0 Å². The molecule has 3 aromatic carbocycles. The van der Waals surface area contributed by atoms with Gasteiger partial charge in [-0.2, -0.15) is 0 Å². The Morgan fingerprint density at radius 3 is 2.21 bits per heavy atom. The predicted molar refractivity (Wildman–Crippen MR) is 127 cm³/mol. The van der Waals surface area contributed by atoms with E-state index >= 15 is 0 Å². The van der Waals surface area contributed by atoms with Crippen LogP contribution in [0.15, 0.2) is 78.9 Å². The Morgan fingerprint density at radius 1 is 0.853 bits per heavy atom. The average molecular weight is 463 g/mol. The summed E-state index contributed by atoms with van der Waals surface area (Å²) in [6, 6.07) is 22.2. The smallest absolute Gasteiger partial charge is 0.326 e. The molecule has 3 rings (SSSR count). The molecule has 1 unspecified atom stereocenters. The Labute approximate surface area is 197 Å². The van der Waals surface area contributed by atoms with E-state index in [0.717, 1.165) is 0 Å². The van der Waals surface area contributed by atoms with Crippen molar-refractivity contribution in [3.8, 4) is 11.5 Å². The summed E-state index contributed by atoms with van der Waals surface area (Å²) in [5, 5.41) is 5.26. The molecule has 0 aliphatic rings. The van der Waals surface area contributed by atoms with Crippen molar-refractivity contribution in [2.75, 3.05) is 25.6 Å². The van der Waals surface area contributed by atoms with Gasteiger partial charge in [0.1, 0.15) is 18.0 Å². The highest BCUT2D eigenvalue weighted by molar-refractivity contribution is 5.99. The molecule has 2 amide bonds. The Hall–Kier alpha value is -4.33. The molecular formula is C26H26N2O6. The number of carbonyl (C=O) groups is 3. The van der Waals surface area contributed by atoms with E-state index in [1.807, 2.05) is 6.92 Å². The number of hydrogen-bond acceptors (Lipinski definition) is 6. The fourth-order valence-electron chi connectivity index (χ4n) is 3.20. The summed E-state index contributed by atoms with van der Waals surface area (Å²) in [5.74, 6) is -0.947. The lowest BCUT2D eigenvalue weighted by Gasteiger charge is -2.19. The Balaban J connectivity index is 1.71. The van der Waals surface area contributed by atoms with Gasteiger partial charge in [0, 0.05) is 5.56 Å². The number of anilines is 1. The summed E-state index contributed by atoms with van der Waals surface area (Å²) in [6.07, 6.45) is -1.23. The van der Waals surface area contributed by atoms with Gasteiger partial charge in [0.25, 0.3) is 11.8 Å². The number of carbonyl (C=O) groups excluding carboxylic acids is 3. The molecule has 34 heavy (non-hydrogen) atoms. The molecule has 0 aromatic heterocycles. The van der Waals surface area contributed by atoms with Crippen LogP contribution < -0.4 is 20.1 Å². The van der Waals surface area contributed by atoms with Crippen LogP contribution in [0.5, 0.6) is 11.5 Å². The first-order valence-electron chi connectivity index (χ1n) is 10.7. The summed E-state index contributed by atoms with van der Waals surface area (Å²) in [6.45, 7) is 1.84. The number of ether oxygens (including phenoxy) is 3. The fraction of sp³-hybridized carbons (Fsp3) is 0.192. The number of rotatable bonds is 10. The van der Waals surface area contributed by atoms with E-state index in [0.29, 0.717) is 29.4 Å². The maximum Gasteiger partial charge on any atom is 0.326 e. The molecule has 0 saturated carbocycles. The van der Waals surface area contributed by atoms with Gasteiger partial charge in [-0.1, -0.05) is 54.6 Å². The predicted octanol–water partition coefficient (Wildman–Crippen LogP) is 3.75. The van der Waals surface area contributed by atoms with E-state index < -0.39 is 30.4 Å². The molecule has 0 aliphatic heterocycles. The lowest BCUT2D eigenvalue weighted by molar-refractivity contribution is -0.153. The van der Waals surface area contributed by atoms with E-state index in [-0.39, 0.29) is 5.56 Å². The second-order valence-electron chi connectivity index (χ2n) is 7.08. The molecule has 0 saturated heterocycles. The molecular weight excluding hydrogens is 436 g/mol. The second-order valence-corrected chi connectivity index (χ2v) is 7.08. The van der Waals surface area contributed by atoms with E-state index in [1.54, 1.807) is 78.9 Å². The normalized spacial score (nSPS) is 11.1. The number of para-hydroxylation sites is 3. The maximum absolute atomic E-state index is 13.1. The lowest BCUT2D eigenvalue weighted by Crippen LogP contribution is -2.33. The van der Waals surface area contributed by atoms with Crippen LogP contribution in [0.2, 0.25) is 0 Å². The molecule has 0 heterocycles. The SMILES string of the molecule is CCOc1ccccc1NC(=O)C(OC(=O)CNC(=O)c1ccccc1OC)c1ccccc1. The number of hydrogen-bond donors (Lipinski definition) is 2. The largest absolute Gasteiger partial charge is 0.496 e. The fourth-order valence-corrected chi connectivity index (χ4v) is 3.20. The maximum atomic E-state index is 13.1. The second kappa shape index (κ2) is 12.1. The molecule has 176 valence electrons. The summed E-state index contributed by atoms with van der Waals surface area (Å²) in [7, 11) is 1.45. The molecule has 0 fully saturated rings. The van der Waals surface area contributed by atoms with Crippen molar-refractivity contribution in [3.05, 3.63) is 90.0 Å². The third kappa shape index (κ3) is 6.35. The minimum atomic E-state index is -1.23. The van der Waals surface area contributed by atoms with Crippen molar-refractivity contribution in [1.82, 2.24) is 5.32 Å². The molecule has 3 aromatic rings. The summed E-state index contributed by atoms with van der Waals surface area (Å²) in [4.78, 5) is 38.1. The first-order valence-corrected chi connectivity index (χ1v) is 10.7.